The Hall–Kier alpha value is -2.96. The maximum absolute atomic E-state index is 6.13. The molecule has 2 unspecified atom stereocenters. The zero-order valence-corrected chi connectivity index (χ0v) is 16.7. The number of hydrogen-bond acceptors (Lipinski definition) is 6. The topological polar surface area (TPSA) is 73.9 Å². The van der Waals surface area contributed by atoms with Crippen molar-refractivity contribution in [3.8, 4) is 5.75 Å². The number of aryl methyl sites for hydroxylation is 1. The minimum atomic E-state index is -0.289. The van der Waals surface area contributed by atoms with Crippen LogP contribution in [0.5, 0.6) is 5.75 Å². The molecule has 4 heterocycles. The van der Waals surface area contributed by atoms with Crippen LogP contribution in [-0.4, -0.2) is 39.5 Å². The number of aromatic nitrogens is 3. The molecule has 0 aromatic carbocycles. The third-order valence-electron chi connectivity index (χ3n) is 5.75. The minimum Gasteiger partial charge on any atom is -0.480 e. The van der Waals surface area contributed by atoms with Gasteiger partial charge in [-0.1, -0.05) is 6.08 Å². The summed E-state index contributed by atoms with van der Waals surface area (Å²) in [4.78, 5) is 13.6. The van der Waals surface area contributed by atoms with Crippen LogP contribution in [0.1, 0.15) is 38.1 Å². The van der Waals surface area contributed by atoms with E-state index in [1.165, 1.54) is 12.0 Å². The number of dihydropyridines is 1. The lowest BCUT2D eigenvalue weighted by Crippen LogP contribution is -2.26. The highest BCUT2D eigenvalue weighted by Crippen LogP contribution is 2.44. The van der Waals surface area contributed by atoms with E-state index < -0.39 is 0 Å². The number of allylic oxidation sites excluding steroid dienone is 1. The Morgan fingerprint density at radius 2 is 2.14 bits per heavy atom. The SMILES string of the molecule is CC1=CCC([C@H]2C[C@@H]2COC2=Nc3ccnn3C(Oc3ccc(C)nc3)C2)N=C1. The van der Waals surface area contributed by atoms with Crippen molar-refractivity contribution in [1.29, 1.82) is 0 Å². The van der Waals surface area contributed by atoms with Crippen molar-refractivity contribution in [3.05, 3.63) is 47.9 Å². The Labute approximate surface area is 170 Å². The van der Waals surface area contributed by atoms with Crippen molar-refractivity contribution in [2.45, 2.75) is 45.4 Å². The van der Waals surface area contributed by atoms with Crippen LogP contribution in [0.25, 0.3) is 0 Å². The predicted molar refractivity (Wildman–Crippen MR) is 111 cm³/mol. The fourth-order valence-electron chi connectivity index (χ4n) is 3.95. The molecular weight excluding hydrogens is 366 g/mol. The van der Waals surface area contributed by atoms with Crippen LogP contribution < -0.4 is 4.74 Å². The van der Waals surface area contributed by atoms with Gasteiger partial charge in [0.05, 0.1) is 31.5 Å². The first-order chi connectivity index (χ1) is 14.2. The van der Waals surface area contributed by atoms with Crippen LogP contribution in [-0.2, 0) is 4.74 Å². The Morgan fingerprint density at radius 3 is 2.93 bits per heavy atom. The molecule has 150 valence electrons. The van der Waals surface area contributed by atoms with Crippen LogP contribution in [0.15, 0.2) is 52.2 Å². The molecule has 0 N–H and O–H groups in total. The van der Waals surface area contributed by atoms with Crippen LogP contribution in [0, 0.1) is 18.8 Å². The molecule has 0 radical (unpaired) electrons. The van der Waals surface area contributed by atoms with E-state index in [9.17, 15) is 0 Å². The zero-order valence-electron chi connectivity index (χ0n) is 16.7. The van der Waals surface area contributed by atoms with E-state index in [1.807, 2.05) is 31.3 Å². The van der Waals surface area contributed by atoms with Crippen LogP contribution in [0.4, 0.5) is 5.82 Å². The van der Waals surface area contributed by atoms with Gasteiger partial charge in [-0.2, -0.15) is 10.1 Å². The van der Waals surface area contributed by atoms with E-state index in [0.29, 0.717) is 42.6 Å². The number of aliphatic imine (C=N–C) groups is 2. The van der Waals surface area contributed by atoms with Crippen molar-refractivity contribution in [2.75, 3.05) is 6.61 Å². The zero-order chi connectivity index (χ0) is 19.8. The smallest absolute Gasteiger partial charge is 0.202 e. The highest BCUT2D eigenvalue weighted by atomic mass is 16.5. The van der Waals surface area contributed by atoms with Gasteiger partial charge >= 0.3 is 0 Å². The van der Waals surface area contributed by atoms with Gasteiger partial charge in [0.2, 0.25) is 6.23 Å². The van der Waals surface area contributed by atoms with Crippen LogP contribution in [0.2, 0.25) is 0 Å². The number of nitrogens with zero attached hydrogens (tertiary/aromatic N) is 5. The lowest BCUT2D eigenvalue weighted by atomic mass is 10.0. The molecule has 0 saturated heterocycles. The van der Waals surface area contributed by atoms with Crippen LogP contribution in [0.3, 0.4) is 0 Å². The molecular formula is C22H25N5O2. The normalized spacial score (nSPS) is 27.7. The van der Waals surface area contributed by atoms with Crippen molar-refractivity contribution >= 4 is 17.9 Å². The quantitative estimate of drug-likeness (QED) is 0.771. The molecule has 0 amide bonds. The van der Waals surface area contributed by atoms with Gasteiger partial charge in [0.15, 0.2) is 11.7 Å². The minimum absolute atomic E-state index is 0.289. The van der Waals surface area contributed by atoms with E-state index in [0.717, 1.165) is 17.9 Å². The Kier molecular flexibility index (Phi) is 4.66. The second-order valence-electron chi connectivity index (χ2n) is 8.05. The van der Waals surface area contributed by atoms with E-state index in [2.05, 4.69) is 33.1 Å². The molecule has 3 aliphatic rings. The molecule has 2 aliphatic heterocycles. The van der Waals surface area contributed by atoms with E-state index in [-0.39, 0.29) is 6.23 Å². The number of pyridine rings is 1. The lowest BCUT2D eigenvalue weighted by molar-refractivity contribution is 0.112. The highest BCUT2D eigenvalue weighted by molar-refractivity contribution is 5.80. The Bertz CT molecular complexity index is 975. The first-order valence-corrected chi connectivity index (χ1v) is 10.2. The first-order valence-electron chi connectivity index (χ1n) is 10.2. The van der Waals surface area contributed by atoms with E-state index in [4.69, 9.17) is 9.47 Å². The summed E-state index contributed by atoms with van der Waals surface area (Å²) in [6, 6.07) is 6.14. The van der Waals surface area contributed by atoms with Gasteiger partial charge in [-0.15, -0.1) is 0 Å². The molecule has 0 spiro atoms. The summed E-state index contributed by atoms with van der Waals surface area (Å²) in [6.07, 6.45) is 10.2. The molecule has 29 heavy (non-hydrogen) atoms. The summed E-state index contributed by atoms with van der Waals surface area (Å²) >= 11 is 0. The molecule has 1 aliphatic carbocycles. The predicted octanol–water partition coefficient (Wildman–Crippen LogP) is 4.04. The molecule has 0 bridgehead atoms. The van der Waals surface area contributed by atoms with Gasteiger partial charge in [-0.25, -0.2) is 4.68 Å². The average Bonchev–Trinajstić information content (AvgIpc) is 3.34. The molecule has 1 fully saturated rings. The Morgan fingerprint density at radius 1 is 1.21 bits per heavy atom. The summed E-state index contributed by atoms with van der Waals surface area (Å²) in [5.74, 6) is 3.34. The van der Waals surface area contributed by atoms with Gasteiger partial charge in [0.25, 0.3) is 0 Å². The molecule has 4 atom stereocenters. The van der Waals surface area contributed by atoms with Gasteiger partial charge in [-0.3, -0.25) is 9.98 Å². The third-order valence-corrected chi connectivity index (χ3v) is 5.75. The van der Waals surface area contributed by atoms with Crippen molar-refractivity contribution in [1.82, 2.24) is 14.8 Å². The van der Waals surface area contributed by atoms with Crippen LogP contribution >= 0.6 is 0 Å². The summed E-state index contributed by atoms with van der Waals surface area (Å²) in [5, 5.41) is 4.36. The fraction of sp³-hybridized carbons (Fsp3) is 0.455. The van der Waals surface area contributed by atoms with Gasteiger partial charge in [0.1, 0.15) is 5.75 Å². The monoisotopic (exact) mass is 391 g/mol. The molecule has 2 aromatic heterocycles. The average molecular weight is 391 g/mol. The number of rotatable bonds is 5. The molecule has 1 saturated carbocycles. The number of hydrogen-bond donors (Lipinski definition) is 0. The van der Waals surface area contributed by atoms with Gasteiger partial charge < -0.3 is 9.47 Å². The Balaban J connectivity index is 1.20. The molecule has 7 heteroatoms. The van der Waals surface area contributed by atoms with E-state index in [1.54, 1.807) is 17.1 Å². The van der Waals surface area contributed by atoms with Gasteiger partial charge in [-0.05, 0) is 56.2 Å². The fourth-order valence-corrected chi connectivity index (χ4v) is 3.95. The first kappa shape index (κ1) is 18.1. The highest BCUT2D eigenvalue weighted by Gasteiger charge is 2.43. The maximum atomic E-state index is 6.13. The number of ether oxygens (including phenoxy) is 2. The standard InChI is InChI=1S/C22H25N5O2/c1-14-3-6-19(24-11-14)18-9-16(18)13-28-21-10-22(27-20(26-21)7-8-25-27)29-17-5-4-15(2)23-12-17/h3-5,7-8,11-12,16,18-19,22H,6,9-10,13H2,1-2H3/t16-,18+,19?,22?/m1/s1. The summed E-state index contributed by atoms with van der Waals surface area (Å²) in [7, 11) is 0. The molecule has 5 rings (SSSR count). The summed E-state index contributed by atoms with van der Waals surface area (Å²) in [6.45, 7) is 4.74. The van der Waals surface area contributed by atoms with Crippen molar-refractivity contribution in [3.63, 3.8) is 0 Å². The second kappa shape index (κ2) is 7.46. The second-order valence-corrected chi connectivity index (χ2v) is 8.05. The third kappa shape index (κ3) is 3.95. The van der Waals surface area contributed by atoms with Gasteiger partial charge in [0, 0.05) is 18.0 Å². The van der Waals surface area contributed by atoms with Crippen molar-refractivity contribution in [2.24, 2.45) is 21.8 Å². The van der Waals surface area contributed by atoms with Crippen molar-refractivity contribution < 1.29 is 9.47 Å². The number of fused-ring (bicyclic) bond motifs is 1. The van der Waals surface area contributed by atoms with E-state index >= 15 is 0 Å². The summed E-state index contributed by atoms with van der Waals surface area (Å²) < 4.78 is 14.0. The summed E-state index contributed by atoms with van der Waals surface area (Å²) in [5.41, 5.74) is 2.22. The molecule has 7 nitrogen and oxygen atoms in total. The molecule has 2 aromatic rings. The lowest BCUT2D eigenvalue weighted by Gasteiger charge is -2.25. The maximum Gasteiger partial charge on any atom is 0.202 e. The largest absolute Gasteiger partial charge is 0.480 e.